The van der Waals surface area contributed by atoms with E-state index in [1.807, 2.05) is 0 Å². The maximum absolute atomic E-state index is 5.16. The van der Waals surface area contributed by atoms with Gasteiger partial charge in [-0.1, -0.05) is 13.3 Å². The molecule has 1 aliphatic carbocycles. The largest absolute Gasteiger partial charge is 0.385 e. The topological polar surface area (TPSA) is 21.3 Å². The molecule has 0 heterocycles. The Balaban J connectivity index is 2.15. The van der Waals surface area contributed by atoms with Gasteiger partial charge in [-0.05, 0) is 44.2 Å². The van der Waals surface area contributed by atoms with E-state index < -0.39 is 0 Å². The van der Waals surface area contributed by atoms with E-state index in [0.29, 0.717) is 5.41 Å². The van der Waals surface area contributed by atoms with Crippen LogP contribution in [0.15, 0.2) is 0 Å². The highest BCUT2D eigenvalue weighted by atomic mass is 16.5. The van der Waals surface area contributed by atoms with Gasteiger partial charge < -0.3 is 10.1 Å². The summed E-state index contributed by atoms with van der Waals surface area (Å²) in [6.07, 6.45) is 6.86. The highest BCUT2D eigenvalue weighted by Gasteiger charge is 2.35. The number of ether oxygens (including phenoxy) is 1. The summed E-state index contributed by atoms with van der Waals surface area (Å²) in [4.78, 5) is 0. The lowest BCUT2D eigenvalue weighted by Crippen LogP contribution is -2.34. The monoisotopic (exact) mass is 185 g/mol. The van der Waals surface area contributed by atoms with Gasteiger partial charge in [0.25, 0.3) is 0 Å². The maximum atomic E-state index is 5.16. The molecule has 13 heavy (non-hydrogen) atoms. The van der Waals surface area contributed by atoms with Gasteiger partial charge in [0.1, 0.15) is 0 Å². The molecule has 1 N–H and O–H groups in total. The Bertz CT molecular complexity index is 132. The standard InChI is InChI=1S/C11H23NO/c1-3-12-9-7-11(5-4-6-11)8-10-13-2/h12H,3-10H2,1-2H3. The van der Waals surface area contributed by atoms with Crippen molar-refractivity contribution >= 4 is 0 Å². The molecule has 0 unspecified atom stereocenters. The Morgan fingerprint density at radius 1 is 1.31 bits per heavy atom. The molecule has 1 aliphatic rings. The van der Waals surface area contributed by atoms with Gasteiger partial charge in [0.15, 0.2) is 0 Å². The lowest BCUT2D eigenvalue weighted by Gasteiger charge is -2.42. The molecule has 0 amide bonds. The molecule has 0 saturated heterocycles. The number of methoxy groups -OCH3 is 1. The second-order valence-corrected chi connectivity index (χ2v) is 4.20. The minimum atomic E-state index is 0.637. The van der Waals surface area contributed by atoms with Crippen molar-refractivity contribution in [1.29, 1.82) is 0 Å². The third-order valence-corrected chi connectivity index (χ3v) is 3.33. The molecule has 0 aliphatic heterocycles. The second kappa shape index (κ2) is 5.61. The summed E-state index contributed by atoms with van der Waals surface area (Å²) in [5.41, 5.74) is 0.637. The first-order chi connectivity index (χ1) is 6.33. The lowest BCUT2D eigenvalue weighted by atomic mass is 9.65. The Kier molecular flexibility index (Phi) is 4.74. The maximum Gasteiger partial charge on any atom is 0.0467 e. The molecule has 0 radical (unpaired) electrons. The number of hydrogen-bond donors (Lipinski definition) is 1. The number of rotatable bonds is 7. The lowest BCUT2D eigenvalue weighted by molar-refractivity contribution is 0.0617. The van der Waals surface area contributed by atoms with Crippen molar-refractivity contribution in [1.82, 2.24) is 5.32 Å². The van der Waals surface area contributed by atoms with Gasteiger partial charge in [0, 0.05) is 13.7 Å². The Morgan fingerprint density at radius 3 is 2.54 bits per heavy atom. The zero-order valence-corrected chi connectivity index (χ0v) is 9.07. The summed E-state index contributed by atoms with van der Waals surface area (Å²) < 4.78 is 5.16. The quantitative estimate of drug-likeness (QED) is 0.614. The highest BCUT2D eigenvalue weighted by molar-refractivity contribution is 4.87. The van der Waals surface area contributed by atoms with Crippen LogP contribution >= 0.6 is 0 Å². The van der Waals surface area contributed by atoms with Crippen molar-refractivity contribution in [2.45, 2.75) is 39.0 Å². The zero-order chi connectivity index (χ0) is 9.57. The minimum absolute atomic E-state index is 0.637. The molecular weight excluding hydrogens is 162 g/mol. The Labute approximate surface area is 82.0 Å². The Morgan fingerprint density at radius 2 is 2.08 bits per heavy atom. The van der Waals surface area contributed by atoms with Crippen molar-refractivity contribution in [2.75, 3.05) is 26.8 Å². The summed E-state index contributed by atoms with van der Waals surface area (Å²) in [6.45, 7) is 5.38. The summed E-state index contributed by atoms with van der Waals surface area (Å²) in [7, 11) is 1.80. The number of hydrogen-bond acceptors (Lipinski definition) is 2. The molecule has 2 heteroatoms. The summed E-state index contributed by atoms with van der Waals surface area (Å²) in [6, 6.07) is 0. The molecule has 0 bridgehead atoms. The van der Waals surface area contributed by atoms with E-state index in [0.717, 1.165) is 13.2 Å². The second-order valence-electron chi connectivity index (χ2n) is 4.20. The average Bonchev–Trinajstić information content (AvgIpc) is 2.08. The molecule has 0 aromatic rings. The van der Waals surface area contributed by atoms with Crippen LogP contribution in [0.1, 0.15) is 39.0 Å². The van der Waals surface area contributed by atoms with Crippen molar-refractivity contribution in [2.24, 2.45) is 5.41 Å². The molecule has 78 valence electrons. The van der Waals surface area contributed by atoms with Gasteiger partial charge in [-0.25, -0.2) is 0 Å². The predicted octanol–water partition coefficient (Wildman–Crippen LogP) is 2.19. The fourth-order valence-electron chi connectivity index (χ4n) is 2.15. The number of nitrogens with one attached hydrogen (secondary N) is 1. The van der Waals surface area contributed by atoms with E-state index >= 15 is 0 Å². The van der Waals surface area contributed by atoms with Gasteiger partial charge in [0.2, 0.25) is 0 Å². The van der Waals surface area contributed by atoms with Crippen LogP contribution in [0.25, 0.3) is 0 Å². The molecule has 0 spiro atoms. The van der Waals surface area contributed by atoms with Crippen LogP contribution in [0, 0.1) is 5.41 Å². The first-order valence-electron chi connectivity index (χ1n) is 5.53. The molecular formula is C11H23NO. The SMILES string of the molecule is CCNCCC1(CCOC)CCC1. The molecule has 0 aromatic heterocycles. The normalized spacial score (nSPS) is 19.8. The predicted molar refractivity (Wildman–Crippen MR) is 55.9 cm³/mol. The van der Waals surface area contributed by atoms with E-state index in [1.54, 1.807) is 7.11 Å². The summed E-state index contributed by atoms with van der Waals surface area (Å²) in [5, 5.41) is 3.41. The first-order valence-corrected chi connectivity index (χ1v) is 5.53. The average molecular weight is 185 g/mol. The summed E-state index contributed by atoms with van der Waals surface area (Å²) >= 11 is 0. The van der Waals surface area contributed by atoms with E-state index in [9.17, 15) is 0 Å². The van der Waals surface area contributed by atoms with E-state index in [2.05, 4.69) is 12.2 Å². The van der Waals surface area contributed by atoms with Crippen molar-refractivity contribution in [3.8, 4) is 0 Å². The van der Waals surface area contributed by atoms with Gasteiger partial charge in [-0.2, -0.15) is 0 Å². The minimum Gasteiger partial charge on any atom is -0.385 e. The van der Waals surface area contributed by atoms with E-state index in [1.165, 1.54) is 38.6 Å². The smallest absolute Gasteiger partial charge is 0.0467 e. The van der Waals surface area contributed by atoms with Crippen LogP contribution in [-0.2, 0) is 4.74 Å². The molecule has 0 aromatic carbocycles. The van der Waals surface area contributed by atoms with Crippen molar-refractivity contribution in [3.63, 3.8) is 0 Å². The molecule has 2 nitrogen and oxygen atoms in total. The summed E-state index contributed by atoms with van der Waals surface area (Å²) in [5.74, 6) is 0. The van der Waals surface area contributed by atoms with Crippen LogP contribution < -0.4 is 5.32 Å². The van der Waals surface area contributed by atoms with Gasteiger partial charge >= 0.3 is 0 Å². The van der Waals surface area contributed by atoms with Crippen LogP contribution in [0.3, 0.4) is 0 Å². The zero-order valence-electron chi connectivity index (χ0n) is 9.07. The van der Waals surface area contributed by atoms with E-state index in [4.69, 9.17) is 4.74 Å². The molecule has 1 rings (SSSR count). The van der Waals surface area contributed by atoms with Gasteiger partial charge in [-0.15, -0.1) is 0 Å². The third-order valence-electron chi connectivity index (χ3n) is 3.33. The fraction of sp³-hybridized carbons (Fsp3) is 1.00. The van der Waals surface area contributed by atoms with Crippen LogP contribution in [-0.4, -0.2) is 26.8 Å². The van der Waals surface area contributed by atoms with Gasteiger partial charge in [0.05, 0.1) is 0 Å². The molecule has 1 saturated carbocycles. The van der Waals surface area contributed by atoms with Crippen molar-refractivity contribution in [3.05, 3.63) is 0 Å². The first kappa shape index (κ1) is 11.0. The molecule has 0 atom stereocenters. The van der Waals surface area contributed by atoms with Crippen molar-refractivity contribution < 1.29 is 4.74 Å². The third kappa shape index (κ3) is 3.28. The van der Waals surface area contributed by atoms with Crippen LogP contribution in [0.5, 0.6) is 0 Å². The fourth-order valence-corrected chi connectivity index (χ4v) is 2.15. The van der Waals surface area contributed by atoms with Crippen LogP contribution in [0.2, 0.25) is 0 Å². The Hall–Kier alpha value is -0.0800. The highest BCUT2D eigenvalue weighted by Crippen LogP contribution is 2.46. The van der Waals surface area contributed by atoms with E-state index in [-0.39, 0.29) is 0 Å². The van der Waals surface area contributed by atoms with Crippen LogP contribution in [0.4, 0.5) is 0 Å². The molecule has 1 fully saturated rings. The van der Waals surface area contributed by atoms with Gasteiger partial charge in [-0.3, -0.25) is 0 Å².